The number of imide groups is 1. The van der Waals surface area contributed by atoms with E-state index in [1.54, 1.807) is 0 Å². The molecule has 0 atom stereocenters. The van der Waals surface area contributed by atoms with Gasteiger partial charge in [0, 0.05) is 19.0 Å². The summed E-state index contributed by atoms with van der Waals surface area (Å²) >= 11 is 0. The molecule has 0 spiro atoms. The van der Waals surface area contributed by atoms with Crippen LogP contribution >= 0.6 is 0 Å². The van der Waals surface area contributed by atoms with E-state index in [4.69, 9.17) is 0 Å². The number of carbonyl (C=O) groups is 3. The van der Waals surface area contributed by atoms with Crippen molar-refractivity contribution < 1.29 is 32.4 Å². The molecule has 1 aromatic heterocycles. The van der Waals surface area contributed by atoms with Gasteiger partial charge in [-0.1, -0.05) is 0 Å². The Balaban J connectivity index is 2.10. The molecule has 0 aliphatic carbocycles. The molecule has 9 heteroatoms. The van der Waals surface area contributed by atoms with E-state index in [1.807, 2.05) is 0 Å². The lowest BCUT2D eigenvalue weighted by atomic mass is 10.2. The Bertz CT molecular complexity index is 552. The van der Waals surface area contributed by atoms with Crippen molar-refractivity contribution in [2.24, 2.45) is 0 Å². The van der Waals surface area contributed by atoms with Gasteiger partial charge >= 0.3 is 12.1 Å². The molecule has 0 saturated carbocycles. The zero-order valence-electron chi connectivity index (χ0n) is 9.81. The number of pyridine rings is 1. The maximum absolute atomic E-state index is 12.3. The molecule has 1 aliphatic heterocycles. The van der Waals surface area contributed by atoms with Gasteiger partial charge in [-0.25, -0.2) is 9.78 Å². The van der Waals surface area contributed by atoms with Crippen LogP contribution in [0.2, 0.25) is 0 Å². The summed E-state index contributed by atoms with van der Waals surface area (Å²) in [5, 5.41) is 0.293. The Morgan fingerprint density at radius 1 is 1.20 bits per heavy atom. The molecule has 1 aromatic rings. The van der Waals surface area contributed by atoms with Gasteiger partial charge in [0.1, 0.15) is 0 Å². The second-order valence-corrected chi connectivity index (χ2v) is 3.89. The third kappa shape index (κ3) is 2.76. The molecule has 0 bridgehead atoms. The molecule has 20 heavy (non-hydrogen) atoms. The number of halogens is 3. The minimum absolute atomic E-state index is 0.0768. The van der Waals surface area contributed by atoms with E-state index in [9.17, 15) is 27.6 Å². The predicted molar refractivity (Wildman–Crippen MR) is 55.7 cm³/mol. The smallest absolute Gasteiger partial charge is 0.323 e. The van der Waals surface area contributed by atoms with E-state index in [1.165, 1.54) is 0 Å². The fourth-order valence-electron chi connectivity index (χ4n) is 1.47. The molecule has 0 N–H and O–H groups in total. The van der Waals surface area contributed by atoms with Gasteiger partial charge in [0.15, 0.2) is 5.69 Å². The van der Waals surface area contributed by atoms with Gasteiger partial charge in [-0.3, -0.25) is 9.59 Å². The first-order chi connectivity index (χ1) is 9.29. The van der Waals surface area contributed by atoms with E-state index in [0.29, 0.717) is 17.3 Å². The van der Waals surface area contributed by atoms with Crippen molar-refractivity contribution >= 4 is 17.8 Å². The summed E-state index contributed by atoms with van der Waals surface area (Å²) in [6.45, 7) is 0. The number of hydrogen-bond acceptors (Lipinski definition) is 5. The maximum atomic E-state index is 12.3. The van der Waals surface area contributed by atoms with E-state index in [-0.39, 0.29) is 12.8 Å². The van der Waals surface area contributed by atoms with Gasteiger partial charge in [0.2, 0.25) is 0 Å². The summed E-state index contributed by atoms with van der Waals surface area (Å²) in [6.07, 6.45) is -4.26. The van der Waals surface area contributed by atoms with E-state index in [2.05, 4.69) is 9.82 Å². The zero-order chi connectivity index (χ0) is 14.9. The summed E-state index contributed by atoms with van der Waals surface area (Å²) in [5.41, 5.74) is -1.46. The number of carbonyl (C=O) groups excluding carboxylic acids is 3. The summed E-state index contributed by atoms with van der Waals surface area (Å²) in [7, 11) is 0. The zero-order valence-corrected chi connectivity index (χ0v) is 9.81. The van der Waals surface area contributed by atoms with Gasteiger partial charge in [-0.05, 0) is 12.1 Å². The Kier molecular flexibility index (Phi) is 3.43. The highest BCUT2D eigenvalue weighted by molar-refractivity contribution is 6.02. The average Bonchev–Trinajstić information content (AvgIpc) is 2.69. The van der Waals surface area contributed by atoms with Crippen LogP contribution in [0.15, 0.2) is 18.3 Å². The normalized spacial score (nSPS) is 15.7. The molecule has 1 saturated heterocycles. The first-order valence-corrected chi connectivity index (χ1v) is 5.40. The number of aromatic nitrogens is 1. The number of nitrogens with zero attached hydrogens (tertiary/aromatic N) is 2. The maximum Gasteiger partial charge on any atom is 0.417 e. The Morgan fingerprint density at radius 3 is 2.25 bits per heavy atom. The van der Waals surface area contributed by atoms with Crippen LogP contribution in [-0.4, -0.2) is 27.8 Å². The van der Waals surface area contributed by atoms with Gasteiger partial charge in [-0.15, -0.1) is 5.06 Å². The number of hydrogen-bond donors (Lipinski definition) is 0. The Hall–Kier alpha value is -2.45. The van der Waals surface area contributed by atoms with Crippen molar-refractivity contribution in [1.82, 2.24) is 10.0 Å². The second-order valence-electron chi connectivity index (χ2n) is 3.89. The van der Waals surface area contributed by atoms with Crippen LogP contribution in [0, 0.1) is 0 Å². The molecular formula is C11H7F3N2O4. The van der Waals surface area contributed by atoms with Gasteiger partial charge < -0.3 is 4.84 Å². The standard InChI is InChI=1S/C11H7F3N2O4/c12-11(13,14)6-1-2-7(15-5-6)10(19)20-16-8(17)3-4-9(16)18/h1-2,5H,3-4H2. The quantitative estimate of drug-likeness (QED) is 0.767. The molecule has 6 nitrogen and oxygen atoms in total. The van der Waals surface area contributed by atoms with Crippen molar-refractivity contribution in [3.8, 4) is 0 Å². The molecule has 0 aromatic carbocycles. The summed E-state index contributed by atoms with van der Waals surface area (Å²) in [4.78, 5) is 41.7. The predicted octanol–water partition coefficient (Wildman–Crippen LogP) is 1.32. The molecule has 106 valence electrons. The number of hydroxylamine groups is 2. The fourth-order valence-corrected chi connectivity index (χ4v) is 1.47. The van der Waals surface area contributed by atoms with Crippen LogP contribution in [0.1, 0.15) is 28.9 Å². The van der Waals surface area contributed by atoms with Crippen LogP contribution < -0.4 is 0 Å². The number of amides is 2. The van der Waals surface area contributed by atoms with Crippen LogP contribution in [0.4, 0.5) is 13.2 Å². The SMILES string of the molecule is O=C(ON1C(=O)CCC1=O)c1ccc(C(F)(F)F)cn1. The topological polar surface area (TPSA) is 76.6 Å². The highest BCUT2D eigenvalue weighted by Gasteiger charge is 2.34. The molecule has 1 fully saturated rings. The summed E-state index contributed by atoms with van der Waals surface area (Å²) in [6, 6.07) is 1.45. The van der Waals surface area contributed by atoms with Crippen LogP contribution in [-0.2, 0) is 20.6 Å². The van der Waals surface area contributed by atoms with Crippen molar-refractivity contribution in [3.63, 3.8) is 0 Å². The lowest BCUT2D eigenvalue weighted by Crippen LogP contribution is -2.32. The third-order valence-corrected chi connectivity index (χ3v) is 2.48. The Morgan fingerprint density at radius 2 is 1.80 bits per heavy atom. The van der Waals surface area contributed by atoms with Crippen molar-refractivity contribution in [2.45, 2.75) is 19.0 Å². The van der Waals surface area contributed by atoms with Crippen molar-refractivity contribution in [2.75, 3.05) is 0 Å². The van der Waals surface area contributed by atoms with E-state index >= 15 is 0 Å². The van der Waals surface area contributed by atoms with Crippen molar-refractivity contribution in [1.29, 1.82) is 0 Å². The largest absolute Gasteiger partial charge is 0.417 e. The second kappa shape index (κ2) is 4.91. The lowest BCUT2D eigenvalue weighted by molar-refractivity contribution is -0.172. The van der Waals surface area contributed by atoms with Gasteiger partial charge in [0.05, 0.1) is 5.56 Å². The van der Waals surface area contributed by atoms with Gasteiger partial charge in [-0.2, -0.15) is 13.2 Å². The highest BCUT2D eigenvalue weighted by Crippen LogP contribution is 2.28. The van der Waals surface area contributed by atoms with Gasteiger partial charge in [0.25, 0.3) is 11.8 Å². The third-order valence-electron chi connectivity index (χ3n) is 2.48. The Labute approximate surface area is 110 Å². The fraction of sp³-hybridized carbons (Fsp3) is 0.273. The summed E-state index contributed by atoms with van der Waals surface area (Å²) in [5.74, 6) is -2.55. The number of rotatable bonds is 2. The van der Waals surface area contributed by atoms with Crippen molar-refractivity contribution in [3.05, 3.63) is 29.6 Å². The first kappa shape index (κ1) is 14.0. The molecule has 1 aliphatic rings. The van der Waals surface area contributed by atoms with Crippen LogP contribution in [0.5, 0.6) is 0 Å². The summed E-state index contributed by atoms with van der Waals surface area (Å²) < 4.78 is 36.9. The first-order valence-electron chi connectivity index (χ1n) is 5.40. The highest BCUT2D eigenvalue weighted by atomic mass is 19.4. The molecule has 0 radical (unpaired) electrons. The molecular weight excluding hydrogens is 281 g/mol. The number of alkyl halides is 3. The van der Waals surface area contributed by atoms with Crippen LogP contribution in [0.3, 0.4) is 0 Å². The average molecular weight is 288 g/mol. The van der Waals surface area contributed by atoms with Crippen LogP contribution in [0.25, 0.3) is 0 Å². The molecule has 2 heterocycles. The minimum atomic E-state index is -4.57. The molecule has 2 rings (SSSR count). The van der Waals surface area contributed by atoms with E-state index < -0.39 is 35.2 Å². The minimum Gasteiger partial charge on any atom is -0.323 e. The molecule has 2 amide bonds. The lowest BCUT2D eigenvalue weighted by Gasteiger charge is -2.12. The monoisotopic (exact) mass is 288 g/mol. The molecule has 0 unspecified atom stereocenters. The van der Waals surface area contributed by atoms with E-state index in [0.717, 1.165) is 6.07 Å².